The number of hydrogen-bond acceptors (Lipinski definition) is 4. The predicted octanol–water partition coefficient (Wildman–Crippen LogP) is 1.22. The zero-order valence-electron chi connectivity index (χ0n) is 6.14. The van der Waals surface area contributed by atoms with E-state index in [-0.39, 0.29) is 9.92 Å². The van der Waals surface area contributed by atoms with Crippen LogP contribution in [0, 0.1) is 10.1 Å². The summed E-state index contributed by atoms with van der Waals surface area (Å²) in [5.41, 5.74) is -0.497. The number of benzene rings is 1. The molecule has 5 nitrogen and oxygen atoms in total. The van der Waals surface area contributed by atoms with E-state index in [0.29, 0.717) is 0 Å². The molecule has 0 saturated heterocycles. The third-order valence-electron chi connectivity index (χ3n) is 1.33. The van der Waals surface area contributed by atoms with Crippen LogP contribution in [-0.2, 0) is 10.7 Å². The molecule has 0 aliphatic rings. The topological polar surface area (TPSA) is 77.3 Å². The number of thiol groups is 1. The molecule has 0 fully saturated rings. The van der Waals surface area contributed by atoms with E-state index in [9.17, 15) is 18.5 Å². The fourth-order valence-electron chi connectivity index (χ4n) is 0.797. The van der Waals surface area contributed by atoms with Crippen molar-refractivity contribution in [3.8, 4) is 0 Å². The highest BCUT2D eigenvalue weighted by Crippen LogP contribution is 2.23. The number of nitro groups is 1. The molecule has 0 aromatic heterocycles. The Kier molecular flexibility index (Phi) is 2.84. The van der Waals surface area contributed by atoms with Crippen molar-refractivity contribution in [3.05, 3.63) is 33.3 Å². The molecule has 0 radical (unpaired) electrons. The van der Waals surface area contributed by atoms with Crippen molar-refractivity contribution < 1.29 is 13.3 Å². The lowest BCUT2D eigenvalue weighted by atomic mass is 10.3. The first-order valence-electron chi connectivity index (χ1n) is 3.10. The van der Waals surface area contributed by atoms with Crippen molar-refractivity contribution in [2.75, 3.05) is 0 Å². The number of nitro benzene ring substituents is 1. The molecule has 0 unspecified atom stereocenters. The summed E-state index contributed by atoms with van der Waals surface area (Å²) in [5.74, 6) is 0. The van der Waals surface area contributed by atoms with Crippen LogP contribution in [-0.4, -0.2) is 13.3 Å². The predicted molar refractivity (Wildman–Crippen MR) is 46.7 cm³/mol. The van der Waals surface area contributed by atoms with Gasteiger partial charge in [0.2, 0.25) is 0 Å². The largest absolute Gasteiger partial charge is 0.289 e. The highest BCUT2D eigenvalue weighted by Gasteiger charge is 2.15. The standard InChI is InChI=1S/C6H4ClNO4S/c7-4-1-2-6(13(11)12)5(3-4)8(9)10/h1-3,13H. The van der Waals surface area contributed by atoms with Gasteiger partial charge in [-0.3, -0.25) is 10.1 Å². The normalized spacial score (nSPS) is 10.3. The smallest absolute Gasteiger partial charge is 0.258 e. The van der Waals surface area contributed by atoms with Crippen LogP contribution in [0.5, 0.6) is 0 Å². The molecular weight excluding hydrogens is 218 g/mol. The molecular formula is C6H4ClNO4S. The molecule has 0 saturated carbocycles. The van der Waals surface area contributed by atoms with E-state index in [0.717, 1.165) is 12.1 Å². The Balaban J connectivity index is 3.44. The van der Waals surface area contributed by atoms with Crippen LogP contribution in [0.4, 0.5) is 5.69 Å². The van der Waals surface area contributed by atoms with Crippen molar-refractivity contribution in [3.63, 3.8) is 0 Å². The maximum Gasteiger partial charge on any atom is 0.289 e. The molecule has 1 aromatic rings. The van der Waals surface area contributed by atoms with Crippen LogP contribution in [0.15, 0.2) is 23.1 Å². The molecule has 0 heterocycles. The molecule has 0 N–H and O–H groups in total. The molecule has 70 valence electrons. The fourth-order valence-corrected chi connectivity index (χ4v) is 1.49. The quantitative estimate of drug-likeness (QED) is 0.463. The zero-order valence-corrected chi connectivity index (χ0v) is 7.79. The van der Waals surface area contributed by atoms with Crippen molar-refractivity contribution in [1.82, 2.24) is 0 Å². The summed E-state index contributed by atoms with van der Waals surface area (Å²) in [6, 6.07) is 3.39. The van der Waals surface area contributed by atoms with Gasteiger partial charge < -0.3 is 0 Å². The number of hydrogen-bond donors (Lipinski definition) is 1. The van der Waals surface area contributed by atoms with Crippen LogP contribution in [0.1, 0.15) is 0 Å². The van der Waals surface area contributed by atoms with Crippen LogP contribution in [0.2, 0.25) is 5.02 Å². The van der Waals surface area contributed by atoms with E-state index in [1.54, 1.807) is 0 Å². The van der Waals surface area contributed by atoms with E-state index in [2.05, 4.69) is 0 Å². The van der Waals surface area contributed by atoms with Gasteiger partial charge in [-0.1, -0.05) is 11.6 Å². The number of rotatable bonds is 2. The Morgan fingerprint density at radius 2 is 2.00 bits per heavy atom. The summed E-state index contributed by atoms with van der Waals surface area (Å²) in [6.45, 7) is 0. The summed E-state index contributed by atoms with van der Waals surface area (Å²) in [5, 5.41) is 10.5. The molecule has 0 bridgehead atoms. The van der Waals surface area contributed by atoms with Crippen LogP contribution < -0.4 is 0 Å². The van der Waals surface area contributed by atoms with E-state index in [4.69, 9.17) is 11.6 Å². The lowest BCUT2D eigenvalue weighted by molar-refractivity contribution is -0.387. The van der Waals surface area contributed by atoms with Gasteiger partial charge in [0.25, 0.3) is 5.69 Å². The summed E-state index contributed by atoms with van der Waals surface area (Å²) >= 11 is 5.46. The molecule has 0 aliphatic carbocycles. The zero-order chi connectivity index (χ0) is 10.0. The lowest BCUT2D eigenvalue weighted by Gasteiger charge is -1.95. The van der Waals surface area contributed by atoms with Gasteiger partial charge in [-0.15, -0.1) is 0 Å². The first-order chi connectivity index (χ1) is 6.02. The van der Waals surface area contributed by atoms with Gasteiger partial charge in [0, 0.05) is 11.1 Å². The molecule has 0 atom stereocenters. The second-order valence-corrected chi connectivity index (χ2v) is 3.58. The molecule has 1 rings (SSSR count). The average Bonchev–Trinajstić information content (AvgIpc) is 2.03. The highest BCUT2D eigenvalue weighted by molar-refractivity contribution is 7.72. The SMILES string of the molecule is O=[N+]([O-])c1cc(Cl)ccc1[SH](=O)=O. The summed E-state index contributed by atoms with van der Waals surface area (Å²) in [7, 11) is -2.96. The van der Waals surface area contributed by atoms with Gasteiger partial charge in [0.05, 0.1) is 4.92 Å². The Labute approximate surface area is 80.0 Å². The first-order valence-corrected chi connectivity index (χ1v) is 4.66. The second kappa shape index (κ2) is 3.71. The van der Waals surface area contributed by atoms with Crippen molar-refractivity contribution in [1.29, 1.82) is 0 Å². The Morgan fingerprint density at radius 3 is 2.46 bits per heavy atom. The molecule has 0 aliphatic heterocycles. The van der Waals surface area contributed by atoms with E-state index in [1.807, 2.05) is 0 Å². The summed E-state index contributed by atoms with van der Waals surface area (Å²) in [6.07, 6.45) is 0. The van der Waals surface area contributed by atoms with E-state index >= 15 is 0 Å². The number of nitrogens with zero attached hydrogens (tertiary/aromatic N) is 1. The molecule has 1 aromatic carbocycles. The van der Waals surface area contributed by atoms with Crippen molar-refractivity contribution in [2.45, 2.75) is 4.90 Å². The van der Waals surface area contributed by atoms with Gasteiger partial charge in [-0.05, 0) is 12.1 Å². The molecule has 0 spiro atoms. The van der Waals surface area contributed by atoms with E-state index in [1.165, 1.54) is 6.07 Å². The van der Waals surface area contributed by atoms with Crippen molar-refractivity contribution in [2.24, 2.45) is 0 Å². The number of halogens is 1. The van der Waals surface area contributed by atoms with Crippen molar-refractivity contribution >= 4 is 28.0 Å². The average molecular weight is 222 g/mol. The van der Waals surface area contributed by atoms with Gasteiger partial charge in [-0.2, -0.15) is 0 Å². The molecule has 0 amide bonds. The maximum atomic E-state index is 10.5. The van der Waals surface area contributed by atoms with Gasteiger partial charge in [-0.25, -0.2) is 8.42 Å². The first kappa shape index (κ1) is 9.94. The van der Waals surface area contributed by atoms with Gasteiger partial charge in [0.1, 0.15) is 4.90 Å². The molecule has 13 heavy (non-hydrogen) atoms. The summed E-state index contributed by atoms with van der Waals surface area (Å²) < 4.78 is 21.1. The second-order valence-electron chi connectivity index (χ2n) is 2.15. The minimum atomic E-state index is -2.96. The monoisotopic (exact) mass is 221 g/mol. The minimum absolute atomic E-state index is 0.132. The summed E-state index contributed by atoms with van der Waals surface area (Å²) in [4.78, 5) is 9.24. The Bertz CT molecular complexity index is 421. The Morgan fingerprint density at radius 1 is 1.38 bits per heavy atom. The van der Waals surface area contributed by atoms with Crippen LogP contribution >= 0.6 is 11.6 Å². The third kappa shape index (κ3) is 2.16. The maximum absolute atomic E-state index is 10.5. The van der Waals surface area contributed by atoms with Crippen LogP contribution in [0.25, 0.3) is 0 Å². The highest BCUT2D eigenvalue weighted by atomic mass is 35.5. The minimum Gasteiger partial charge on any atom is -0.258 e. The Hall–Kier alpha value is -1.14. The van der Waals surface area contributed by atoms with Gasteiger partial charge >= 0.3 is 0 Å². The third-order valence-corrected chi connectivity index (χ3v) is 2.34. The molecule has 7 heteroatoms. The van der Waals surface area contributed by atoms with Crippen LogP contribution in [0.3, 0.4) is 0 Å². The fraction of sp³-hybridized carbons (Fsp3) is 0. The van der Waals surface area contributed by atoms with Gasteiger partial charge in [0.15, 0.2) is 10.7 Å². The van der Waals surface area contributed by atoms with E-state index < -0.39 is 21.3 Å². The lowest BCUT2D eigenvalue weighted by Crippen LogP contribution is -1.93.